The summed E-state index contributed by atoms with van der Waals surface area (Å²) in [6.45, 7) is 1.46. The summed E-state index contributed by atoms with van der Waals surface area (Å²) in [6, 6.07) is 4.94. The van der Waals surface area contributed by atoms with Crippen molar-refractivity contribution in [3.8, 4) is 0 Å². The number of carbonyl (C=O) groups excluding carboxylic acids is 1. The summed E-state index contributed by atoms with van der Waals surface area (Å²) >= 11 is 0. The van der Waals surface area contributed by atoms with Crippen LogP contribution >= 0.6 is 0 Å². The topological polar surface area (TPSA) is 52.2 Å². The molecule has 1 aromatic carbocycles. The van der Waals surface area contributed by atoms with Gasteiger partial charge in [-0.05, 0) is 25.1 Å². The van der Waals surface area contributed by atoms with Crippen LogP contribution in [0.5, 0.6) is 0 Å². The van der Waals surface area contributed by atoms with Crippen LogP contribution in [0.4, 0.5) is 0 Å². The summed E-state index contributed by atoms with van der Waals surface area (Å²) in [5.74, 6) is -0.0600. The number of Topliss-reactive ketones (excluding diaryl/α,β-unsaturated/α-hetero) is 1. The SMILES string of the molecule is CC(=O)c1ccc2c(c1)c(=O)on2C. The molecule has 72 valence electrons. The number of ketones is 1. The normalized spacial score (nSPS) is 10.7. The van der Waals surface area contributed by atoms with Crippen molar-refractivity contribution in [2.45, 2.75) is 6.92 Å². The summed E-state index contributed by atoms with van der Waals surface area (Å²) < 4.78 is 6.24. The van der Waals surface area contributed by atoms with E-state index < -0.39 is 5.63 Å². The zero-order valence-corrected chi connectivity index (χ0v) is 7.90. The standard InChI is InChI=1S/C10H9NO3/c1-6(12)7-3-4-9-8(5-7)10(13)14-11(9)2/h3-5H,1-2H3. The van der Waals surface area contributed by atoms with Gasteiger partial charge in [-0.1, -0.05) is 0 Å². The summed E-state index contributed by atoms with van der Waals surface area (Å²) in [6.07, 6.45) is 0. The lowest BCUT2D eigenvalue weighted by Crippen LogP contribution is -1.95. The lowest BCUT2D eigenvalue weighted by atomic mass is 10.1. The molecule has 2 rings (SSSR count). The third kappa shape index (κ3) is 1.16. The molecule has 0 amide bonds. The fraction of sp³-hybridized carbons (Fsp3) is 0.200. The van der Waals surface area contributed by atoms with E-state index in [2.05, 4.69) is 0 Å². The van der Waals surface area contributed by atoms with Gasteiger partial charge in [0, 0.05) is 12.6 Å². The molecule has 0 unspecified atom stereocenters. The van der Waals surface area contributed by atoms with Crippen molar-refractivity contribution < 1.29 is 9.32 Å². The lowest BCUT2D eigenvalue weighted by molar-refractivity contribution is 0.101. The van der Waals surface area contributed by atoms with E-state index in [9.17, 15) is 9.59 Å². The minimum atomic E-state index is -0.411. The molecule has 0 aliphatic rings. The van der Waals surface area contributed by atoms with Crippen molar-refractivity contribution >= 4 is 16.7 Å². The highest BCUT2D eigenvalue weighted by Gasteiger charge is 2.08. The number of aryl methyl sites for hydroxylation is 1. The van der Waals surface area contributed by atoms with Crippen LogP contribution in [-0.4, -0.2) is 10.5 Å². The van der Waals surface area contributed by atoms with Crippen LogP contribution < -0.4 is 5.63 Å². The third-order valence-electron chi connectivity index (χ3n) is 2.18. The Balaban J connectivity index is 2.84. The van der Waals surface area contributed by atoms with Crippen molar-refractivity contribution in [1.82, 2.24) is 4.74 Å². The van der Waals surface area contributed by atoms with E-state index in [-0.39, 0.29) is 5.78 Å². The molecule has 14 heavy (non-hydrogen) atoms. The molecule has 2 aromatic rings. The van der Waals surface area contributed by atoms with E-state index in [0.29, 0.717) is 16.5 Å². The molecule has 0 N–H and O–H groups in total. The second-order valence-electron chi connectivity index (χ2n) is 3.16. The Kier molecular flexibility index (Phi) is 1.77. The number of benzene rings is 1. The van der Waals surface area contributed by atoms with Gasteiger partial charge in [0.25, 0.3) is 0 Å². The smallest absolute Gasteiger partial charge is 0.336 e. The highest BCUT2D eigenvalue weighted by Crippen LogP contribution is 2.12. The monoisotopic (exact) mass is 191 g/mol. The van der Waals surface area contributed by atoms with Gasteiger partial charge < -0.3 is 4.52 Å². The molecule has 0 spiro atoms. The Hall–Kier alpha value is -1.84. The van der Waals surface area contributed by atoms with E-state index in [1.807, 2.05) is 0 Å². The maximum Gasteiger partial charge on any atom is 0.365 e. The largest absolute Gasteiger partial charge is 0.365 e. The first-order valence-corrected chi connectivity index (χ1v) is 4.20. The maximum absolute atomic E-state index is 11.3. The Morgan fingerprint density at radius 3 is 2.79 bits per heavy atom. The van der Waals surface area contributed by atoms with Crippen LogP contribution in [-0.2, 0) is 7.05 Å². The first-order valence-electron chi connectivity index (χ1n) is 4.20. The zero-order valence-electron chi connectivity index (χ0n) is 7.90. The van der Waals surface area contributed by atoms with Crippen molar-refractivity contribution in [3.05, 3.63) is 34.2 Å². The van der Waals surface area contributed by atoms with Crippen LogP contribution in [0.15, 0.2) is 27.5 Å². The van der Waals surface area contributed by atoms with Gasteiger partial charge in [-0.15, -0.1) is 0 Å². The van der Waals surface area contributed by atoms with Crippen LogP contribution in [0.3, 0.4) is 0 Å². The van der Waals surface area contributed by atoms with E-state index in [0.717, 1.165) is 0 Å². The molecule has 0 aliphatic carbocycles. The van der Waals surface area contributed by atoms with Gasteiger partial charge in [0.1, 0.15) is 0 Å². The average molecular weight is 191 g/mol. The van der Waals surface area contributed by atoms with Crippen molar-refractivity contribution in [1.29, 1.82) is 0 Å². The first kappa shape index (κ1) is 8.74. The number of aromatic nitrogens is 1. The Labute approximate surface area is 79.7 Å². The summed E-state index contributed by atoms with van der Waals surface area (Å²) in [5.41, 5.74) is 0.807. The van der Waals surface area contributed by atoms with Gasteiger partial charge in [-0.25, -0.2) is 9.53 Å². The van der Waals surface area contributed by atoms with Gasteiger partial charge in [0.2, 0.25) is 0 Å². The minimum absolute atomic E-state index is 0.0600. The number of carbonyl (C=O) groups is 1. The molecule has 1 aromatic heterocycles. The molecule has 0 fully saturated rings. The quantitative estimate of drug-likeness (QED) is 0.639. The summed E-state index contributed by atoms with van der Waals surface area (Å²) in [4.78, 5) is 22.3. The van der Waals surface area contributed by atoms with Crippen molar-refractivity contribution in [2.75, 3.05) is 0 Å². The molecular formula is C10H9NO3. The number of nitrogens with zero attached hydrogens (tertiary/aromatic N) is 1. The lowest BCUT2D eigenvalue weighted by Gasteiger charge is -1.94. The fourth-order valence-corrected chi connectivity index (χ4v) is 1.42. The number of hydrogen-bond acceptors (Lipinski definition) is 3. The van der Waals surface area contributed by atoms with Crippen LogP contribution in [0, 0.1) is 0 Å². The third-order valence-corrected chi connectivity index (χ3v) is 2.18. The molecule has 1 heterocycles. The van der Waals surface area contributed by atoms with Gasteiger partial charge in [0.15, 0.2) is 5.78 Å². The van der Waals surface area contributed by atoms with Crippen molar-refractivity contribution in [3.63, 3.8) is 0 Å². The molecule has 4 heteroatoms. The van der Waals surface area contributed by atoms with Gasteiger partial charge in [0.05, 0.1) is 10.9 Å². The van der Waals surface area contributed by atoms with Crippen LogP contribution in [0.2, 0.25) is 0 Å². The van der Waals surface area contributed by atoms with E-state index >= 15 is 0 Å². The van der Waals surface area contributed by atoms with E-state index in [4.69, 9.17) is 4.52 Å². The fourth-order valence-electron chi connectivity index (χ4n) is 1.42. The maximum atomic E-state index is 11.3. The van der Waals surface area contributed by atoms with E-state index in [1.165, 1.54) is 11.7 Å². The number of fused-ring (bicyclic) bond motifs is 1. The summed E-state index contributed by atoms with van der Waals surface area (Å²) in [5, 5.41) is 0.445. The van der Waals surface area contributed by atoms with Crippen LogP contribution in [0.25, 0.3) is 10.9 Å². The molecular weight excluding hydrogens is 182 g/mol. The first-order chi connectivity index (χ1) is 6.59. The highest BCUT2D eigenvalue weighted by molar-refractivity contribution is 5.97. The number of rotatable bonds is 1. The molecule has 0 aliphatic heterocycles. The predicted molar refractivity (Wildman–Crippen MR) is 51.5 cm³/mol. The molecule has 0 saturated heterocycles. The van der Waals surface area contributed by atoms with Gasteiger partial charge in [-0.3, -0.25) is 4.79 Å². The highest BCUT2D eigenvalue weighted by atomic mass is 16.5. The zero-order chi connectivity index (χ0) is 10.3. The molecule has 0 bridgehead atoms. The molecule has 0 atom stereocenters. The van der Waals surface area contributed by atoms with Crippen LogP contribution in [0.1, 0.15) is 17.3 Å². The average Bonchev–Trinajstić information content (AvgIpc) is 2.42. The number of hydrogen-bond donors (Lipinski definition) is 0. The predicted octanol–water partition coefficient (Wildman–Crippen LogP) is 1.33. The Morgan fingerprint density at radius 1 is 1.43 bits per heavy atom. The Morgan fingerprint density at radius 2 is 2.14 bits per heavy atom. The van der Waals surface area contributed by atoms with Crippen molar-refractivity contribution in [2.24, 2.45) is 7.05 Å². The second-order valence-corrected chi connectivity index (χ2v) is 3.16. The molecule has 4 nitrogen and oxygen atoms in total. The Bertz CT molecular complexity index is 562. The summed E-state index contributed by atoms with van der Waals surface area (Å²) in [7, 11) is 1.65. The minimum Gasteiger partial charge on any atom is -0.336 e. The second kappa shape index (κ2) is 2.83. The van der Waals surface area contributed by atoms with E-state index in [1.54, 1.807) is 25.2 Å². The molecule has 0 radical (unpaired) electrons. The van der Waals surface area contributed by atoms with Gasteiger partial charge in [-0.2, -0.15) is 0 Å². The molecule has 0 saturated carbocycles. The van der Waals surface area contributed by atoms with Gasteiger partial charge >= 0.3 is 5.63 Å².